The second kappa shape index (κ2) is 6.68. The van der Waals surface area contributed by atoms with Gasteiger partial charge in [0.1, 0.15) is 5.82 Å². The van der Waals surface area contributed by atoms with E-state index >= 15 is 0 Å². The molecular formula is C19H11ClF4O2. The highest BCUT2D eigenvalue weighted by molar-refractivity contribution is 6.31. The summed E-state index contributed by atoms with van der Waals surface area (Å²) < 4.78 is 51.8. The minimum absolute atomic E-state index is 0.0959. The van der Waals surface area contributed by atoms with Gasteiger partial charge in [0.2, 0.25) is 10.9 Å². The van der Waals surface area contributed by atoms with Gasteiger partial charge >= 0.3 is 6.18 Å². The zero-order chi connectivity index (χ0) is 19.1. The molecule has 3 aromatic carbocycles. The van der Waals surface area contributed by atoms with Gasteiger partial charge in [-0.1, -0.05) is 29.8 Å². The molecule has 0 spiro atoms. The predicted molar refractivity (Wildman–Crippen MR) is 89.8 cm³/mol. The van der Waals surface area contributed by atoms with Crippen molar-refractivity contribution in [2.24, 2.45) is 0 Å². The first-order valence-electron chi connectivity index (χ1n) is 7.58. The SMILES string of the molecule is O=c1c(Cc2ccc(F)cc2)c(Cc2ccc(Cl)c(C(F)(F)F)c2)c1=O. The third-order valence-electron chi connectivity index (χ3n) is 4.13. The molecule has 0 aliphatic carbocycles. The van der Waals surface area contributed by atoms with Crippen molar-refractivity contribution in [1.82, 2.24) is 0 Å². The fourth-order valence-corrected chi connectivity index (χ4v) is 2.99. The molecule has 0 aromatic heterocycles. The Morgan fingerprint density at radius 1 is 0.808 bits per heavy atom. The van der Waals surface area contributed by atoms with E-state index in [0.717, 1.165) is 12.1 Å². The lowest BCUT2D eigenvalue weighted by molar-refractivity contribution is -0.137. The van der Waals surface area contributed by atoms with Crippen molar-refractivity contribution >= 4 is 11.6 Å². The van der Waals surface area contributed by atoms with Crippen LogP contribution in [0, 0.1) is 5.82 Å². The molecular weight excluding hydrogens is 372 g/mol. The first kappa shape index (κ1) is 18.3. The highest BCUT2D eigenvalue weighted by Gasteiger charge is 2.33. The first-order valence-corrected chi connectivity index (χ1v) is 7.95. The van der Waals surface area contributed by atoms with Gasteiger partial charge in [0, 0.05) is 24.0 Å². The molecule has 0 aliphatic heterocycles. The predicted octanol–water partition coefficient (Wildman–Crippen LogP) is 4.28. The zero-order valence-electron chi connectivity index (χ0n) is 13.2. The number of alkyl halides is 3. The summed E-state index contributed by atoms with van der Waals surface area (Å²) in [5.74, 6) is -0.431. The van der Waals surface area contributed by atoms with Gasteiger partial charge in [0.05, 0.1) is 10.6 Å². The minimum Gasteiger partial charge on any atom is -0.285 e. The van der Waals surface area contributed by atoms with Gasteiger partial charge in [-0.25, -0.2) is 4.39 Å². The van der Waals surface area contributed by atoms with Crippen molar-refractivity contribution < 1.29 is 17.6 Å². The van der Waals surface area contributed by atoms with Crippen molar-refractivity contribution in [1.29, 1.82) is 0 Å². The lowest BCUT2D eigenvalue weighted by atomic mass is 9.90. The van der Waals surface area contributed by atoms with Crippen LogP contribution >= 0.6 is 11.6 Å². The average Bonchev–Trinajstić information content (AvgIpc) is 2.59. The van der Waals surface area contributed by atoms with E-state index in [1.807, 2.05) is 0 Å². The summed E-state index contributed by atoms with van der Waals surface area (Å²) in [5, 5.41) is -0.433. The molecule has 0 heterocycles. The summed E-state index contributed by atoms with van der Waals surface area (Å²) in [5.41, 5.74) is -1.07. The largest absolute Gasteiger partial charge is 0.417 e. The Kier molecular flexibility index (Phi) is 4.71. The number of benzene rings is 2. The maximum atomic E-state index is 13.0. The van der Waals surface area contributed by atoms with Gasteiger partial charge in [-0.15, -0.1) is 0 Å². The van der Waals surface area contributed by atoms with Gasteiger partial charge in [-0.3, -0.25) is 9.59 Å². The zero-order valence-corrected chi connectivity index (χ0v) is 13.9. The molecule has 0 unspecified atom stereocenters. The third-order valence-corrected chi connectivity index (χ3v) is 4.46. The Labute approximate surface area is 150 Å². The smallest absolute Gasteiger partial charge is 0.285 e. The van der Waals surface area contributed by atoms with E-state index in [1.54, 1.807) is 0 Å². The van der Waals surface area contributed by atoms with E-state index in [-0.39, 0.29) is 29.5 Å². The molecule has 26 heavy (non-hydrogen) atoms. The topological polar surface area (TPSA) is 34.1 Å². The summed E-state index contributed by atoms with van der Waals surface area (Å²) in [6.45, 7) is 0. The molecule has 3 aromatic rings. The number of rotatable bonds is 4. The molecule has 0 aliphatic rings. The first-order chi connectivity index (χ1) is 12.2. The molecule has 0 bridgehead atoms. The number of halogens is 5. The van der Waals surface area contributed by atoms with E-state index < -0.39 is 33.4 Å². The maximum absolute atomic E-state index is 13.0. The van der Waals surface area contributed by atoms with E-state index in [2.05, 4.69) is 0 Å². The molecule has 7 heteroatoms. The van der Waals surface area contributed by atoms with Crippen molar-refractivity contribution in [3.63, 3.8) is 0 Å². The fraction of sp³-hybridized carbons (Fsp3) is 0.158. The highest BCUT2D eigenvalue weighted by atomic mass is 35.5. The van der Waals surface area contributed by atoms with E-state index in [9.17, 15) is 27.2 Å². The lowest BCUT2D eigenvalue weighted by Crippen LogP contribution is -2.40. The van der Waals surface area contributed by atoms with Crippen LogP contribution in [0.2, 0.25) is 5.02 Å². The summed E-state index contributed by atoms with van der Waals surface area (Å²) in [4.78, 5) is 23.7. The molecule has 0 saturated carbocycles. The Hall–Kier alpha value is -2.47. The number of hydrogen-bond donors (Lipinski definition) is 0. The van der Waals surface area contributed by atoms with Crippen LogP contribution in [-0.2, 0) is 19.0 Å². The van der Waals surface area contributed by atoms with Gasteiger partial charge in [0.25, 0.3) is 0 Å². The monoisotopic (exact) mass is 382 g/mol. The Balaban J connectivity index is 1.90. The van der Waals surface area contributed by atoms with Crippen molar-refractivity contribution in [2.45, 2.75) is 19.0 Å². The molecule has 0 fully saturated rings. The molecule has 2 nitrogen and oxygen atoms in total. The van der Waals surface area contributed by atoms with Gasteiger partial charge in [-0.2, -0.15) is 13.2 Å². The summed E-state index contributed by atoms with van der Waals surface area (Å²) in [6.07, 6.45) is -4.58. The van der Waals surface area contributed by atoms with Crippen LogP contribution in [-0.4, -0.2) is 0 Å². The Morgan fingerprint density at radius 3 is 1.85 bits per heavy atom. The molecule has 0 radical (unpaired) electrons. The minimum atomic E-state index is -4.61. The maximum Gasteiger partial charge on any atom is 0.417 e. The Morgan fingerprint density at radius 2 is 1.31 bits per heavy atom. The van der Waals surface area contributed by atoms with Crippen LogP contribution < -0.4 is 10.9 Å². The molecule has 3 rings (SSSR count). The quantitative estimate of drug-likeness (QED) is 0.498. The van der Waals surface area contributed by atoms with Gasteiger partial charge in [0.15, 0.2) is 0 Å². The highest BCUT2D eigenvalue weighted by Crippen LogP contribution is 2.35. The second-order valence-electron chi connectivity index (χ2n) is 5.91. The molecule has 0 N–H and O–H groups in total. The molecule has 0 amide bonds. The van der Waals surface area contributed by atoms with Crippen LogP contribution in [0.15, 0.2) is 52.1 Å². The van der Waals surface area contributed by atoms with Gasteiger partial charge < -0.3 is 0 Å². The fourth-order valence-electron chi connectivity index (χ4n) is 2.77. The van der Waals surface area contributed by atoms with E-state index in [4.69, 9.17) is 11.6 Å². The van der Waals surface area contributed by atoms with Gasteiger partial charge in [-0.05, 0) is 35.4 Å². The average molecular weight is 383 g/mol. The molecule has 134 valence electrons. The van der Waals surface area contributed by atoms with E-state index in [1.165, 1.54) is 30.3 Å². The normalized spacial score (nSPS) is 11.9. The summed E-state index contributed by atoms with van der Waals surface area (Å²) >= 11 is 5.58. The van der Waals surface area contributed by atoms with Crippen LogP contribution in [0.4, 0.5) is 17.6 Å². The second-order valence-corrected chi connectivity index (χ2v) is 6.31. The van der Waals surface area contributed by atoms with Crippen LogP contribution in [0.1, 0.15) is 27.8 Å². The van der Waals surface area contributed by atoms with Crippen molar-refractivity contribution in [3.8, 4) is 0 Å². The summed E-state index contributed by atoms with van der Waals surface area (Å²) in [6, 6.07) is 8.81. The number of hydrogen-bond acceptors (Lipinski definition) is 2. The molecule has 0 atom stereocenters. The Bertz CT molecular complexity index is 1030. The van der Waals surface area contributed by atoms with Crippen molar-refractivity contribution in [2.75, 3.05) is 0 Å². The molecule has 0 saturated heterocycles. The van der Waals surface area contributed by atoms with E-state index in [0.29, 0.717) is 5.56 Å². The van der Waals surface area contributed by atoms with Crippen molar-refractivity contribution in [3.05, 3.63) is 102 Å². The standard InChI is InChI=1S/C19H11ClF4O2/c20-16-6-3-11(9-15(16)19(22,23)24)8-14-13(17(25)18(14)26)7-10-1-4-12(21)5-2-10/h1-6,9H,7-8H2. The third kappa shape index (κ3) is 3.55. The van der Waals surface area contributed by atoms with Crippen LogP contribution in [0.5, 0.6) is 0 Å². The van der Waals surface area contributed by atoms with Crippen LogP contribution in [0.25, 0.3) is 0 Å². The van der Waals surface area contributed by atoms with Crippen LogP contribution in [0.3, 0.4) is 0 Å². The lowest BCUT2D eigenvalue weighted by Gasteiger charge is -2.14. The summed E-state index contributed by atoms with van der Waals surface area (Å²) in [7, 11) is 0.